The first-order valence-corrected chi connectivity index (χ1v) is 7.51. The summed E-state index contributed by atoms with van der Waals surface area (Å²) in [6, 6.07) is 13.4. The van der Waals surface area contributed by atoms with Crippen LogP contribution in [0, 0.1) is 11.8 Å². The molecular weight excluding hydrogens is 292 g/mol. The highest BCUT2D eigenvalue weighted by Gasteiger charge is 2.17. The predicted molar refractivity (Wildman–Crippen MR) is 90.5 cm³/mol. The smallest absolute Gasteiger partial charge is 0.222 e. The van der Waals surface area contributed by atoms with E-state index < -0.39 is 0 Å². The number of hydrogen-bond acceptors (Lipinski definition) is 4. The summed E-state index contributed by atoms with van der Waals surface area (Å²) < 4.78 is 7.12. The van der Waals surface area contributed by atoms with Crippen molar-refractivity contribution in [1.82, 2.24) is 4.57 Å². The highest BCUT2D eigenvalue weighted by molar-refractivity contribution is 5.95. The number of nitroso groups, excluding NO2 is 1. The normalized spacial score (nSPS) is 10.9. The lowest BCUT2D eigenvalue weighted by Crippen LogP contribution is -1.99. The fourth-order valence-corrected chi connectivity index (χ4v) is 2.73. The Balaban J connectivity index is 2.02. The molecule has 0 amide bonds. The number of nitrogens with zero attached hydrogens (tertiary/aromatic N) is 2. The SMILES string of the molecule is CCOc1ccc(Cn2c(O)c(N=O)c3cc(C)ccc32)cc1. The lowest BCUT2D eigenvalue weighted by atomic mass is 10.1. The van der Waals surface area contributed by atoms with E-state index in [1.807, 2.05) is 56.3 Å². The minimum Gasteiger partial charge on any atom is -0.494 e. The molecule has 0 atom stereocenters. The first-order valence-electron chi connectivity index (χ1n) is 7.51. The molecule has 0 unspecified atom stereocenters. The molecule has 1 heterocycles. The van der Waals surface area contributed by atoms with Crippen molar-refractivity contribution >= 4 is 16.6 Å². The highest BCUT2D eigenvalue weighted by atomic mass is 16.5. The Bertz CT molecular complexity index is 851. The molecule has 0 saturated carbocycles. The molecule has 0 aliphatic heterocycles. The van der Waals surface area contributed by atoms with Gasteiger partial charge in [0.1, 0.15) is 5.75 Å². The van der Waals surface area contributed by atoms with Crippen LogP contribution in [0.2, 0.25) is 0 Å². The van der Waals surface area contributed by atoms with Gasteiger partial charge in [0.15, 0.2) is 5.69 Å². The first kappa shape index (κ1) is 15.1. The molecule has 3 aromatic rings. The van der Waals surface area contributed by atoms with E-state index in [4.69, 9.17) is 4.74 Å². The van der Waals surface area contributed by atoms with Crippen molar-refractivity contribution in [3.05, 3.63) is 58.5 Å². The fourth-order valence-electron chi connectivity index (χ4n) is 2.73. The Hall–Kier alpha value is -2.82. The van der Waals surface area contributed by atoms with Crippen molar-refractivity contribution in [3.8, 4) is 11.6 Å². The van der Waals surface area contributed by atoms with Gasteiger partial charge in [-0.15, -0.1) is 4.91 Å². The molecule has 0 aliphatic rings. The molecule has 0 aliphatic carbocycles. The zero-order valence-electron chi connectivity index (χ0n) is 13.1. The number of hydrogen-bond donors (Lipinski definition) is 1. The van der Waals surface area contributed by atoms with E-state index in [1.165, 1.54) is 0 Å². The van der Waals surface area contributed by atoms with E-state index in [0.29, 0.717) is 18.5 Å². The van der Waals surface area contributed by atoms with E-state index in [1.54, 1.807) is 4.57 Å². The lowest BCUT2D eigenvalue weighted by Gasteiger charge is -2.08. The second kappa shape index (κ2) is 6.12. The van der Waals surface area contributed by atoms with Crippen LogP contribution in [0.15, 0.2) is 47.6 Å². The summed E-state index contributed by atoms with van der Waals surface area (Å²) in [5.41, 5.74) is 2.89. The van der Waals surface area contributed by atoms with Crippen LogP contribution < -0.4 is 4.74 Å². The number of benzene rings is 2. The average Bonchev–Trinajstić information content (AvgIpc) is 2.80. The first-order chi connectivity index (χ1) is 11.1. The Morgan fingerprint density at radius 2 is 1.91 bits per heavy atom. The summed E-state index contributed by atoms with van der Waals surface area (Å²) in [5.74, 6) is 0.707. The molecule has 0 saturated heterocycles. The van der Waals surface area contributed by atoms with Crippen molar-refractivity contribution in [3.63, 3.8) is 0 Å². The minimum atomic E-state index is -0.102. The topological polar surface area (TPSA) is 63.8 Å². The number of aryl methyl sites for hydroxylation is 1. The molecule has 0 radical (unpaired) electrons. The Labute approximate surface area is 134 Å². The largest absolute Gasteiger partial charge is 0.494 e. The van der Waals surface area contributed by atoms with Gasteiger partial charge >= 0.3 is 0 Å². The summed E-state index contributed by atoms with van der Waals surface area (Å²) in [6.45, 7) is 4.95. The second-order valence-electron chi connectivity index (χ2n) is 5.45. The van der Waals surface area contributed by atoms with Crippen LogP contribution in [-0.4, -0.2) is 16.3 Å². The maximum absolute atomic E-state index is 11.1. The monoisotopic (exact) mass is 310 g/mol. The van der Waals surface area contributed by atoms with Crippen LogP contribution in [0.1, 0.15) is 18.1 Å². The minimum absolute atomic E-state index is 0.0923. The number of ether oxygens (including phenoxy) is 1. The summed E-state index contributed by atoms with van der Waals surface area (Å²) in [4.78, 5) is 11.1. The summed E-state index contributed by atoms with van der Waals surface area (Å²) in [7, 11) is 0. The van der Waals surface area contributed by atoms with E-state index in [2.05, 4.69) is 5.18 Å². The fraction of sp³-hybridized carbons (Fsp3) is 0.222. The van der Waals surface area contributed by atoms with Gasteiger partial charge in [0, 0.05) is 5.39 Å². The Morgan fingerprint density at radius 3 is 2.57 bits per heavy atom. The van der Waals surface area contributed by atoms with Crippen molar-refractivity contribution in [2.75, 3.05) is 6.61 Å². The third-order valence-electron chi connectivity index (χ3n) is 3.83. The molecular formula is C18H18N2O3. The van der Waals surface area contributed by atoms with E-state index in [9.17, 15) is 10.0 Å². The average molecular weight is 310 g/mol. The Kier molecular flexibility index (Phi) is 4.02. The van der Waals surface area contributed by atoms with Crippen molar-refractivity contribution in [1.29, 1.82) is 0 Å². The molecule has 5 nitrogen and oxygen atoms in total. The third kappa shape index (κ3) is 2.77. The quantitative estimate of drug-likeness (QED) is 0.706. The van der Waals surface area contributed by atoms with Gasteiger partial charge in [-0.2, -0.15) is 0 Å². The number of aromatic nitrogens is 1. The van der Waals surface area contributed by atoms with Gasteiger partial charge in [-0.25, -0.2) is 0 Å². The summed E-state index contributed by atoms with van der Waals surface area (Å²) in [6.07, 6.45) is 0. The van der Waals surface area contributed by atoms with Crippen LogP contribution in [-0.2, 0) is 6.54 Å². The van der Waals surface area contributed by atoms with E-state index in [0.717, 1.165) is 22.4 Å². The van der Waals surface area contributed by atoms with Gasteiger partial charge < -0.3 is 14.4 Å². The van der Waals surface area contributed by atoms with Crippen LogP contribution in [0.4, 0.5) is 5.69 Å². The summed E-state index contributed by atoms with van der Waals surface area (Å²) in [5, 5.41) is 14.0. The van der Waals surface area contributed by atoms with Gasteiger partial charge in [-0.05, 0) is 48.9 Å². The van der Waals surface area contributed by atoms with Crippen molar-refractivity contribution in [2.45, 2.75) is 20.4 Å². The van der Waals surface area contributed by atoms with Crippen LogP contribution in [0.25, 0.3) is 10.9 Å². The molecule has 2 aromatic carbocycles. The third-order valence-corrected chi connectivity index (χ3v) is 3.83. The van der Waals surface area contributed by atoms with Gasteiger partial charge in [0.2, 0.25) is 5.88 Å². The zero-order chi connectivity index (χ0) is 16.4. The van der Waals surface area contributed by atoms with E-state index >= 15 is 0 Å². The molecule has 0 bridgehead atoms. The number of aromatic hydroxyl groups is 1. The second-order valence-corrected chi connectivity index (χ2v) is 5.45. The standard InChI is InChI=1S/C18H18N2O3/c1-3-23-14-7-5-13(6-8-14)11-20-16-9-4-12(2)10-15(16)17(19-22)18(20)21/h4-10,21H,3,11H2,1-2H3. The molecule has 3 rings (SSSR count). The zero-order valence-corrected chi connectivity index (χ0v) is 13.1. The van der Waals surface area contributed by atoms with Crippen LogP contribution in [0.5, 0.6) is 11.6 Å². The number of rotatable bonds is 5. The molecule has 118 valence electrons. The van der Waals surface area contributed by atoms with E-state index in [-0.39, 0.29) is 11.6 Å². The van der Waals surface area contributed by atoms with Gasteiger partial charge in [0.25, 0.3) is 0 Å². The Morgan fingerprint density at radius 1 is 1.17 bits per heavy atom. The van der Waals surface area contributed by atoms with Gasteiger partial charge in [-0.1, -0.05) is 23.8 Å². The number of fused-ring (bicyclic) bond motifs is 1. The molecule has 0 spiro atoms. The van der Waals surface area contributed by atoms with Crippen LogP contribution >= 0.6 is 0 Å². The van der Waals surface area contributed by atoms with Crippen molar-refractivity contribution in [2.24, 2.45) is 5.18 Å². The molecule has 5 heteroatoms. The highest BCUT2D eigenvalue weighted by Crippen LogP contribution is 2.39. The molecule has 23 heavy (non-hydrogen) atoms. The van der Waals surface area contributed by atoms with Gasteiger partial charge in [0.05, 0.1) is 18.7 Å². The predicted octanol–water partition coefficient (Wildman–Crippen LogP) is 4.50. The van der Waals surface area contributed by atoms with Crippen molar-refractivity contribution < 1.29 is 9.84 Å². The van der Waals surface area contributed by atoms with Gasteiger partial charge in [-0.3, -0.25) is 0 Å². The van der Waals surface area contributed by atoms with Crippen LogP contribution in [0.3, 0.4) is 0 Å². The molecule has 1 aromatic heterocycles. The lowest BCUT2D eigenvalue weighted by molar-refractivity contribution is 0.340. The summed E-state index contributed by atoms with van der Waals surface area (Å²) >= 11 is 0. The maximum atomic E-state index is 11.1. The molecule has 1 N–H and O–H groups in total. The molecule has 0 fully saturated rings. The maximum Gasteiger partial charge on any atom is 0.222 e.